The lowest BCUT2D eigenvalue weighted by molar-refractivity contribution is 0.0977. The molecule has 2 N–H and O–H groups in total. The number of carbonyl (C=O) groups excluding carboxylic acids is 1. The fourth-order valence-corrected chi connectivity index (χ4v) is 4.43. The molecule has 2 aliphatic rings. The Labute approximate surface area is 149 Å². The van der Waals surface area contributed by atoms with Gasteiger partial charge in [-0.05, 0) is 24.3 Å². The average molecular weight is 356 g/mol. The predicted molar refractivity (Wildman–Crippen MR) is 96.0 cm³/mol. The molecule has 3 heterocycles. The number of amides is 1. The van der Waals surface area contributed by atoms with Crippen LogP contribution >= 0.6 is 11.8 Å². The van der Waals surface area contributed by atoms with Crippen LogP contribution in [-0.4, -0.2) is 34.9 Å². The van der Waals surface area contributed by atoms with Crippen LogP contribution in [-0.2, 0) is 5.54 Å². The van der Waals surface area contributed by atoms with Crippen molar-refractivity contribution in [1.82, 2.24) is 15.6 Å². The van der Waals surface area contributed by atoms with Gasteiger partial charge in [-0.1, -0.05) is 30.0 Å². The zero-order valence-electron chi connectivity index (χ0n) is 13.4. The number of benzene rings is 1. The van der Waals surface area contributed by atoms with Crippen LogP contribution in [0.4, 0.5) is 4.39 Å². The van der Waals surface area contributed by atoms with E-state index in [1.165, 1.54) is 24.0 Å². The highest BCUT2D eigenvalue weighted by atomic mass is 32.2. The smallest absolute Gasteiger partial charge is 0.257 e. The molecule has 5 nitrogen and oxygen atoms in total. The zero-order valence-corrected chi connectivity index (χ0v) is 14.2. The number of pyridine rings is 1. The minimum atomic E-state index is -0.557. The molecule has 0 saturated carbocycles. The van der Waals surface area contributed by atoms with Gasteiger partial charge in [0.1, 0.15) is 11.4 Å². The number of carbonyl (C=O) groups is 1. The Morgan fingerprint density at radius 3 is 2.88 bits per heavy atom. The molecule has 2 atom stereocenters. The Hall–Kier alpha value is -2.25. The molecular weight excluding hydrogens is 339 g/mol. The van der Waals surface area contributed by atoms with Crippen molar-refractivity contribution in [2.75, 3.05) is 18.8 Å². The van der Waals surface area contributed by atoms with Gasteiger partial charge in [-0.25, -0.2) is 9.38 Å². The number of nitrogens with one attached hydrogen (secondary N) is 2. The van der Waals surface area contributed by atoms with Crippen LogP contribution in [0.3, 0.4) is 0 Å². The number of fused-ring (bicyclic) bond motifs is 1. The second-order valence-corrected chi connectivity index (χ2v) is 7.17. The quantitative estimate of drug-likeness (QED) is 0.866. The summed E-state index contributed by atoms with van der Waals surface area (Å²) in [5, 5.41) is 6.84. The monoisotopic (exact) mass is 356 g/mol. The lowest BCUT2D eigenvalue weighted by Crippen LogP contribution is -2.43. The molecule has 0 bridgehead atoms. The minimum Gasteiger partial charge on any atom is -0.313 e. The van der Waals surface area contributed by atoms with Crippen LogP contribution in [0.25, 0.3) is 0 Å². The molecule has 4 rings (SSSR count). The Bertz CT molecular complexity index is 812. The van der Waals surface area contributed by atoms with E-state index in [9.17, 15) is 9.18 Å². The molecule has 2 unspecified atom stereocenters. The number of aliphatic imine (C=N–C) groups is 1. The van der Waals surface area contributed by atoms with Gasteiger partial charge in [0.25, 0.3) is 5.91 Å². The number of nitrogens with zero attached hydrogens (tertiary/aromatic N) is 2. The first-order valence-electron chi connectivity index (χ1n) is 8.09. The van der Waals surface area contributed by atoms with E-state index >= 15 is 0 Å². The van der Waals surface area contributed by atoms with E-state index < -0.39 is 5.54 Å². The summed E-state index contributed by atoms with van der Waals surface area (Å²) in [5.74, 6) is 0.528. The van der Waals surface area contributed by atoms with Gasteiger partial charge in [0, 0.05) is 30.3 Å². The molecule has 0 spiro atoms. The molecule has 25 heavy (non-hydrogen) atoms. The van der Waals surface area contributed by atoms with E-state index in [2.05, 4.69) is 15.6 Å². The molecule has 7 heteroatoms. The highest BCUT2D eigenvalue weighted by Crippen LogP contribution is 2.41. The third-order valence-corrected chi connectivity index (χ3v) is 5.65. The van der Waals surface area contributed by atoms with Crippen LogP contribution in [0.2, 0.25) is 0 Å². The number of amidine groups is 1. The van der Waals surface area contributed by atoms with Gasteiger partial charge >= 0.3 is 0 Å². The van der Waals surface area contributed by atoms with Gasteiger partial charge in [0.05, 0.1) is 11.9 Å². The third-order valence-electron chi connectivity index (χ3n) is 4.61. The molecule has 1 saturated heterocycles. The third kappa shape index (κ3) is 3.05. The first kappa shape index (κ1) is 16.2. The molecule has 2 aliphatic heterocycles. The van der Waals surface area contributed by atoms with Gasteiger partial charge in [-0.15, -0.1) is 0 Å². The van der Waals surface area contributed by atoms with E-state index in [0.717, 1.165) is 18.0 Å². The summed E-state index contributed by atoms with van der Waals surface area (Å²) in [4.78, 5) is 21.5. The van der Waals surface area contributed by atoms with Crippen molar-refractivity contribution < 1.29 is 9.18 Å². The van der Waals surface area contributed by atoms with Crippen molar-refractivity contribution >= 4 is 22.8 Å². The summed E-state index contributed by atoms with van der Waals surface area (Å²) in [5.41, 5.74) is 0.764. The Balaban J connectivity index is 1.64. The maximum atomic E-state index is 13.3. The molecule has 1 fully saturated rings. The Morgan fingerprint density at radius 2 is 2.12 bits per heavy atom. The van der Waals surface area contributed by atoms with Crippen LogP contribution in [0.5, 0.6) is 0 Å². The molecule has 2 aromatic rings. The minimum absolute atomic E-state index is 0.182. The maximum Gasteiger partial charge on any atom is 0.257 e. The van der Waals surface area contributed by atoms with Crippen molar-refractivity contribution in [3.8, 4) is 0 Å². The standard InChI is InChI=1S/C18H17FN4OS/c19-14-6-7-15(21-9-14)18-11-20-8-13(18)10-25-17(23-18)22-16(24)12-4-2-1-3-5-12/h1-7,9,13,20H,8,10-11H2,(H,22,23,24). The normalized spacial score (nSPS) is 25.2. The van der Waals surface area contributed by atoms with Crippen LogP contribution in [0.15, 0.2) is 53.7 Å². The summed E-state index contributed by atoms with van der Waals surface area (Å²) >= 11 is 1.54. The second-order valence-electron chi connectivity index (χ2n) is 6.16. The lowest BCUT2D eigenvalue weighted by Gasteiger charge is -2.34. The number of aromatic nitrogens is 1. The predicted octanol–water partition coefficient (Wildman–Crippen LogP) is 2.17. The summed E-state index contributed by atoms with van der Waals surface area (Å²) < 4.78 is 13.3. The summed E-state index contributed by atoms with van der Waals surface area (Å²) in [6.07, 6.45) is 1.22. The largest absolute Gasteiger partial charge is 0.313 e. The summed E-state index contributed by atoms with van der Waals surface area (Å²) in [6, 6.07) is 12.1. The van der Waals surface area contributed by atoms with Crippen molar-refractivity contribution in [2.45, 2.75) is 5.54 Å². The van der Waals surface area contributed by atoms with Gasteiger partial charge in [-0.2, -0.15) is 0 Å². The molecule has 1 amide bonds. The van der Waals surface area contributed by atoms with Gasteiger partial charge < -0.3 is 10.6 Å². The molecule has 128 valence electrons. The molecule has 1 aromatic heterocycles. The SMILES string of the molecule is O=C(NC1=NC2(c3ccc(F)cn3)CNCC2CS1)c1ccccc1. The highest BCUT2D eigenvalue weighted by Gasteiger charge is 2.48. The number of halogens is 1. The Morgan fingerprint density at radius 1 is 1.28 bits per heavy atom. The Kier molecular flexibility index (Phi) is 4.27. The first-order chi connectivity index (χ1) is 12.2. The van der Waals surface area contributed by atoms with E-state index in [4.69, 9.17) is 4.99 Å². The highest BCUT2D eigenvalue weighted by molar-refractivity contribution is 8.13. The van der Waals surface area contributed by atoms with Crippen molar-refractivity contribution in [3.63, 3.8) is 0 Å². The molecular formula is C18H17FN4OS. The maximum absolute atomic E-state index is 13.3. The first-order valence-corrected chi connectivity index (χ1v) is 9.08. The summed E-state index contributed by atoms with van der Waals surface area (Å²) in [6.45, 7) is 1.46. The number of thioether (sulfide) groups is 1. The van der Waals surface area contributed by atoms with Gasteiger partial charge in [-0.3, -0.25) is 9.78 Å². The van der Waals surface area contributed by atoms with Crippen LogP contribution in [0, 0.1) is 11.7 Å². The fraction of sp³-hybridized carbons (Fsp3) is 0.278. The average Bonchev–Trinajstić information content (AvgIpc) is 3.07. The van der Waals surface area contributed by atoms with Crippen molar-refractivity contribution in [1.29, 1.82) is 0 Å². The van der Waals surface area contributed by atoms with Crippen molar-refractivity contribution in [3.05, 3.63) is 65.7 Å². The number of rotatable bonds is 2. The lowest BCUT2D eigenvalue weighted by atomic mass is 9.85. The zero-order chi connectivity index (χ0) is 17.3. The van der Waals surface area contributed by atoms with E-state index in [1.807, 2.05) is 18.2 Å². The van der Waals surface area contributed by atoms with Crippen molar-refractivity contribution in [2.24, 2.45) is 10.9 Å². The van der Waals surface area contributed by atoms with Gasteiger partial charge in [0.15, 0.2) is 5.17 Å². The topological polar surface area (TPSA) is 66.4 Å². The van der Waals surface area contributed by atoms with E-state index in [1.54, 1.807) is 18.2 Å². The molecule has 0 aliphatic carbocycles. The van der Waals surface area contributed by atoms with Crippen LogP contribution in [0.1, 0.15) is 16.1 Å². The fourth-order valence-electron chi connectivity index (χ4n) is 3.28. The molecule has 0 radical (unpaired) electrons. The summed E-state index contributed by atoms with van der Waals surface area (Å²) in [7, 11) is 0. The second kappa shape index (κ2) is 6.57. The van der Waals surface area contributed by atoms with Crippen LogP contribution < -0.4 is 10.6 Å². The van der Waals surface area contributed by atoms with E-state index in [-0.39, 0.29) is 17.6 Å². The number of hydrogen-bond donors (Lipinski definition) is 2. The molecule has 1 aromatic carbocycles. The van der Waals surface area contributed by atoms with Gasteiger partial charge in [0.2, 0.25) is 0 Å². The van der Waals surface area contributed by atoms with E-state index in [0.29, 0.717) is 17.3 Å². The number of hydrogen-bond acceptors (Lipinski definition) is 5.